The van der Waals surface area contributed by atoms with Gasteiger partial charge in [-0.1, -0.05) is 30.3 Å². The molecule has 2 rings (SSSR count). The van der Waals surface area contributed by atoms with Crippen molar-refractivity contribution in [2.24, 2.45) is 0 Å². The molecule has 1 fully saturated rings. The number of barbiturate groups is 1. The third-order valence-electron chi connectivity index (χ3n) is 2.34. The van der Waals surface area contributed by atoms with E-state index in [0.29, 0.717) is 0 Å². The molecule has 16 heavy (non-hydrogen) atoms. The van der Waals surface area contributed by atoms with E-state index in [1.807, 2.05) is 10.6 Å². The minimum Gasteiger partial charge on any atom is -0.277 e. The van der Waals surface area contributed by atoms with Crippen LogP contribution in [-0.4, -0.2) is 17.8 Å². The van der Waals surface area contributed by atoms with Gasteiger partial charge in [-0.25, -0.2) is 4.79 Å². The Bertz CT molecular complexity index is 534. The lowest BCUT2D eigenvalue weighted by Crippen LogP contribution is -2.63. The Hall–Kier alpha value is -2.17. The predicted molar refractivity (Wildman–Crippen MR) is 55.5 cm³/mol. The maximum atomic E-state index is 12.0. The third kappa shape index (κ3) is 1.37. The lowest BCUT2D eigenvalue weighted by atomic mass is 9.79. The summed E-state index contributed by atoms with van der Waals surface area (Å²) in [5, 5.41) is 3.67. The molecule has 4 amide bonds. The monoisotopic (exact) mass is 221 g/mol. The number of carbonyl (C=O) groups is 3. The van der Waals surface area contributed by atoms with Crippen molar-refractivity contribution in [1.82, 2.24) is 10.6 Å². The van der Waals surface area contributed by atoms with Crippen molar-refractivity contribution in [3.8, 4) is 0 Å². The van der Waals surface area contributed by atoms with Crippen LogP contribution in [0.4, 0.5) is 4.79 Å². The molecule has 1 aromatic carbocycles. The fraction of sp³-hybridized carbons (Fsp3) is 0.182. The van der Waals surface area contributed by atoms with Crippen LogP contribution in [0.2, 0.25) is 0 Å². The number of amides is 4. The molecule has 1 aliphatic rings. The molecule has 1 heterocycles. The van der Waals surface area contributed by atoms with Gasteiger partial charge in [0.05, 0.1) is 0 Å². The molecule has 0 unspecified atom stereocenters. The normalized spacial score (nSPS) is 22.5. The van der Waals surface area contributed by atoms with Gasteiger partial charge in [0.1, 0.15) is 0 Å². The smallest absolute Gasteiger partial charge is 0.277 e. The lowest BCUT2D eigenvalue weighted by Gasteiger charge is -2.30. The summed E-state index contributed by atoms with van der Waals surface area (Å²) in [4.78, 5) is 35.1. The van der Waals surface area contributed by atoms with Gasteiger partial charge in [0.15, 0.2) is 5.41 Å². The molecule has 82 valence electrons. The Kier molecular flexibility index (Phi) is 1.54. The molecular formula is C11H10N2O3. The van der Waals surface area contributed by atoms with Gasteiger partial charge in [0.25, 0.3) is 0 Å². The van der Waals surface area contributed by atoms with E-state index in [2.05, 4.69) is 0 Å². The minimum atomic E-state index is -2.93. The fourth-order valence-electron chi connectivity index (χ4n) is 1.48. The highest BCUT2D eigenvalue weighted by Crippen LogP contribution is 2.25. The van der Waals surface area contributed by atoms with Crippen molar-refractivity contribution in [3.05, 3.63) is 35.9 Å². The van der Waals surface area contributed by atoms with Crippen LogP contribution in [-0.2, 0) is 15.0 Å². The second-order valence-corrected chi connectivity index (χ2v) is 3.35. The summed E-state index contributed by atoms with van der Waals surface area (Å²) in [6, 6.07) is 6.36. The Morgan fingerprint density at radius 2 is 1.62 bits per heavy atom. The van der Waals surface area contributed by atoms with Gasteiger partial charge in [-0.2, -0.15) is 0 Å². The van der Waals surface area contributed by atoms with Crippen LogP contribution in [0, 0.1) is 0 Å². The van der Waals surface area contributed by atoms with Crippen LogP contribution in [0.3, 0.4) is 0 Å². The SMILES string of the molecule is [2H]C([2H])([2H])C1(c2ccccc2)C(=O)NC(=O)NC1=O. The van der Waals surface area contributed by atoms with Crippen LogP contribution in [0.1, 0.15) is 16.5 Å². The predicted octanol–water partition coefficient (Wildman–Crippen LogP) is 0.310. The van der Waals surface area contributed by atoms with Gasteiger partial charge in [0, 0.05) is 4.11 Å². The first kappa shape index (κ1) is 7.16. The second kappa shape index (κ2) is 3.44. The quantitative estimate of drug-likeness (QED) is 0.670. The number of imide groups is 2. The zero-order valence-corrected chi connectivity index (χ0v) is 8.11. The Morgan fingerprint density at radius 3 is 2.12 bits per heavy atom. The average Bonchev–Trinajstić information content (AvgIpc) is 2.27. The van der Waals surface area contributed by atoms with E-state index in [1.54, 1.807) is 6.07 Å². The Morgan fingerprint density at radius 1 is 1.06 bits per heavy atom. The highest BCUT2D eigenvalue weighted by atomic mass is 16.2. The van der Waals surface area contributed by atoms with Crippen LogP contribution < -0.4 is 10.6 Å². The second-order valence-electron chi connectivity index (χ2n) is 3.35. The van der Waals surface area contributed by atoms with Gasteiger partial charge in [-0.3, -0.25) is 20.2 Å². The van der Waals surface area contributed by atoms with Gasteiger partial charge in [0.2, 0.25) is 11.8 Å². The van der Waals surface area contributed by atoms with Crippen LogP contribution in [0.25, 0.3) is 0 Å². The molecular weight excluding hydrogens is 208 g/mol. The van der Waals surface area contributed by atoms with Gasteiger partial charge < -0.3 is 0 Å². The van der Waals surface area contributed by atoms with Gasteiger partial charge >= 0.3 is 6.03 Å². The standard InChI is InChI=1S/C11H10N2O3/c1-11(7-5-3-2-4-6-7)8(14)12-10(16)13-9(11)15/h2-6H,1H3,(H2,12,13,14,15,16)/i1D3. The van der Waals surface area contributed by atoms with Gasteiger partial charge in [-0.15, -0.1) is 0 Å². The number of carbonyl (C=O) groups excluding carboxylic acids is 3. The first-order chi connectivity index (χ1) is 8.80. The van der Waals surface area contributed by atoms with E-state index in [1.165, 1.54) is 24.3 Å². The molecule has 1 aliphatic heterocycles. The molecule has 0 aromatic heterocycles. The summed E-state index contributed by atoms with van der Waals surface area (Å²) in [6.07, 6.45) is 0. The summed E-state index contributed by atoms with van der Waals surface area (Å²) in [6.45, 7) is -2.93. The molecule has 1 saturated heterocycles. The van der Waals surface area contributed by atoms with Crippen molar-refractivity contribution < 1.29 is 18.5 Å². The number of urea groups is 1. The lowest BCUT2D eigenvalue weighted by molar-refractivity contribution is -0.137. The number of rotatable bonds is 1. The average molecular weight is 221 g/mol. The third-order valence-corrected chi connectivity index (χ3v) is 2.34. The summed E-state index contributed by atoms with van der Waals surface area (Å²) in [7, 11) is 0. The number of benzene rings is 1. The highest BCUT2D eigenvalue weighted by Gasteiger charge is 2.47. The molecule has 0 spiro atoms. The number of nitrogens with one attached hydrogen (secondary N) is 2. The maximum absolute atomic E-state index is 12.0. The van der Waals surface area contributed by atoms with Crippen LogP contribution in [0.5, 0.6) is 0 Å². The molecule has 5 heteroatoms. The molecule has 0 saturated carbocycles. The largest absolute Gasteiger partial charge is 0.328 e. The van der Waals surface area contributed by atoms with Crippen LogP contribution in [0.15, 0.2) is 30.3 Å². The Balaban J connectivity index is 2.69. The molecule has 5 nitrogen and oxygen atoms in total. The Labute approximate surface area is 96.0 Å². The van der Waals surface area contributed by atoms with E-state index < -0.39 is 30.1 Å². The number of hydrogen-bond donors (Lipinski definition) is 2. The van der Waals surface area contributed by atoms with Crippen molar-refractivity contribution in [2.75, 3.05) is 0 Å². The van der Waals surface area contributed by atoms with Gasteiger partial charge in [-0.05, 0) is 12.4 Å². The molecule has 0 atom stereocenters. The van der Waals surface area contributed by atoms with E-state index in [-0.39, 0.29) is 5.56 Å². The first-order valence-corrected chi connectivity index (χ1v) is 4.52. The van der Waals surface area contributed by atoms with Crippen LogP contribution >= 0.6 is 0 Å². The topological polar surface area (TPSA) is 75.3 Å². The molecule has 0 radical (unpaired) electrons. The van der Waals surface area contributed by atoms with E-state index in [0.717, 1.165) is 0 Å². The van der Waals surface area contributed by atoms with Crippen molar-refractivity contribution >= 4 is 17.8 Å². The summed E-state index contributed by atoms with van der Waals surface area (Å²) in [5.41, 5.74) is -2.40. The summed E-state index contributed by atoms with van der Waals surface area (Å²) in [5.74, 6) is -2.29. The molecule has 0 bridgehead atoms. The highest BCUT2D eigenvalue weighted by molar-refractivity contribution is 6.22. The van der Waals surface area contributed by atoms with Crippen molar-refractivity contribution in [2.45, 2.75) is 12.3 Å². The van der Waals surface area contributed by atoms with E-state index in [4.69, 9.17) is 4.11 Å². The molecule has 0 aliphatic carbocycles. The van der Waals surface area contributed by atoms with Crippen molar-refractivity contribution in [3.63, 3.8) is 0 Å². The summed E-state index contributed by atoms with van der Waals surface area (Å²) < 4.78 is 22.6. The minimum absolute atomic E-state index is 0.0116. The molecule has 2 N–H and O–H groups in total. The van der Waals surface area contributed by atoms with E-state index >= 15 is 0 Å². The zero-order chi connectivity index (χ0) is 14.3. The zero-order valence-electron chi connectivity index (χ0n) is 11.1. The first-order valence-electron chi connectivity index (χ1n) is 6.02. The van der Waals surface area contributed by atoms with Crippen molar-refractivity contribution in [1.29, 1.82) is 0 Å². The fourth-order valence-corrected chi connectivity index (χ4v) is 1.48. The van der Waals surface area contributed by atoms with E-state index in [9.17, 15) is 14.4 Å². The number of hydrogen-bond acceptors (Lipinski definition) is 3. The maximum Gasteiger partial charge on any atom is 0.328 e. The summed E-state index contributed by atoms with van der Waals surface area (Å²) >= 11 is 0. The molecule has 1 aromatic rings.